The first-order chi connectivity index (χ1) is 9.95. The molecule has 1 heterocycles. The summed E-state index contributed by atoms with van der Waals surface area (Å²) in [7, 11) is -3.78. The fraction of sp³-hybridized carbons (Fsp3) is 0.333. The molecule has 0 aliphatic rings. The molecule has 0 saturated carbocycles. The molecule has 0 bridgehead atoms. The molecular weight excluding hydrogens is 333 g/mol. The van der Waals surface area contributed by atoms with Crippen LogP contribution in [-0.2, 0) is 16.4 Å². The van der Waals surface area contributed by atoms with Crippen LogP contribution < -0.4 is 24.0 Å². The summed E-state index contributed by atoms with van der Waals surface area (Å²) >= 11 is 7.46. The summed E-state index contributed by atoms with van der Waals surface area (Å²) in [5.74, 6) is 0. The zero-order chi connectivity index (χ0) is 15.5. The number of sulfonamides is 1. The Balaban J connectivity index is 0.00000242. The van der Waals surface area contributed by atoms with Crippen LogP contribution in [0.1, 0.15) is 42.4 Å². The van der Waals surface area contributed by atoms with Gasteiger partial charge in [-0.15, -0.1) is 11.3 Å². The molecule has 0 aliphatic carbocycles. The Morgan fingerprint density at radius 2 is 2.00 bits per heavy atom. The summed E-state index contributed by atoms with van der Waals surface area (Å²) in [6.45, 7) is 2.11. The van der Waals surface area contributed by atoms with Gasteiger partial charge in [0.2, 0.25) is 10.0 Å². The number of hydrogen-bond donors (Lipinski definition) is 1. The molecular formula is C15H19ClLiNO2S2. The fourth-order valence-corrected chi connectivity index (χ4v) is 5.15. The third-order valence-electron chi connectivity index (χ3n) is 3.35. The normalized spacial score (nSPS) is 12.7. The first kappa shape index (κ1) is 19.8. The number of rotatable bonds is 6. The van der Waals surface area contributed by atoms with E-state index < -0.39 is 15.3 Å². The molecule has 116 valence electrons. The topological polar surface area (TPSA) is 60.2 Å². The smallest absolute Gasteiger partial charge is 1.00 e. The Morgan fingerprint density at radius 1 is 1.32 bits per heavy atom. The molecule has 2 rings (SSSR count). The van der Waals surface area contributed by atoms with E-state index >= 15 is 0 Å². The average Bonchev–Trinajstić information content (AvgIpc) is 2.83. The van der Waals surface area contributed by atoms with Gasteiger partial charge in [0.25, 0.3) is 0 Å². The van der Waals surface area contributed by atoms with Gasteiger partial charge < -0.3 is 1.43 Å². The van der Waals surface area contributed by atoms with Crippen molar-refractivity contribution in [3.8, 4) is 0 Å². The number of hydrogen-bond acceptors (Lipinski definition) is 3. The van der Waals surface area contributed by atoms with E-state index in [0.717, 1.165) is 30.4 Å². The van der Waals surface area contributed by atoms with Crippen LogP contribution in [0.15, 0.2) is 35.7 Å². The second-order valence-corrected chi connectivity index (χ2v) is 7.91. The molecule has 1 atom stereocenters. The molecule has 22 heavy (non-hydrogen) atoms. The molecule has 1 aromatic heterocycles. The van der Waals surface area contributed by atoms with E-state index in [1.165, 1.54) is 11.3 Å². The number of thiophene rings is 1. The van der Waals surface area contributed by atoms with Crippen molar-refractivity contribution in [3.05, 3.63) is 56.7 Å². The van der Waals surface area contributed by atoms with E-state index in [-0.39, 0.29) is 20.3 Å². The van der Waals surface area contributed by atoms with Gasteiger partial charge in [-0.1, -0.05) is 49.2 Å². The molecule has 0 aliphatic heterocycles. The Labute approximate surface area is 154 Å². The van der Waals surface area contributed by atoms with E-state index in [9.17, 15) is 8.42 Å². The molecule has 2 aromatic rings. The molecule has 3 nitrogen and oxygen atoms in total. The fourth-order valence-electron chi connectivity index (χ4n) is 2.34. The van der Waals surface area contributed by atoms with Gasteiger partial charge >= 0.3 is 18.9 Å². The molecule has 0 saturated heterocycles. The van der Waals surface area contributed by atoms with Crippen LogP contribution in [0.25, 0.3) is 0 Å². The largest absolute Gasteiger partial charge is 1.00 e. The quantitative estimate of drug-likeness (QED) is 0.796. The molecule has 1 aromatic carbocycles. The van der Waals surface area contributed by atoms with Crippen molar-refractivity contribution in [1.82, 2.24) is 0 Å². The Morgan fingerprint density at radius 3 is 2.55 bits per heavy atom. The third kappa shape index (κ3) is 4.61. The van der Waals surface area contributed by atoms with Crippen LogP contribution in [0.3, 0.4) is 0 Å². The summed E-state index contributed by atoms with van der Waals surface area (Å²) in [5.41, 5.74) is 1.75. The molecule has 0 spiro atoms. The predicted molar refractivity (Wildman–Crippen MR) is 90.4 cm³/mol. The second kappa shape index (κ2) is 8.54. The van der Waals surface area contributed by atoms with E-state index in [1.807, 2.05) is 24.3 Å². The van der Waals surface area contributed by atoms with Gasteiger partial charge in [-0.3, -0.25) is 0 Å². The molecule has 7 heteroatoms. The Hall–Kier alpha value is -0.283. The monoisotopic (exact) mass is 351 g/mol. The summed E-state index contributed by atoms with van der Waals surface area (Å²) < 4.78 is 24.3. The minimum atomic E-state index is -3.78. The number of primary sulfonamides is 1. The summed E-state index contributed by atoms with van der Waals surface area (Å²) in [6, 6.07) is 9.25. The number of benzene rings is 1. The number of aryl methyl sites for hydroxylation is 1. The van der Waals surface area contributed by atoms with Crippen molar-refractivity contribution in [2.45, 2.75) is 31.4 Å². The molecule has 0 unspecified atom stereocenters. The van der Waals surface area contributed by atoms with Crippen LogP contribution in [0.4, 0.5) is 0 Å². The van der Waals surface area contributed by atoms with E-state index in [2.05, 4.69) is 6.92 Å². The first-order valence-corrected chi connectivity index (χ1v) is 9.64. The number of halogens is 1. The van der Waals surface area contributed by atoms with Gasteiger partial charge in [-0.05, 0) is 35.4 Å². The minimum Gasteiger partial charge on any atom is -1.00 e. The maximum absolute atomic E-state index is 12.1. The van der Waals surface area contributed by atoms with Gasteiger partial charge in [0.1, 0.15) is 5.25 Å². The van der Waals surface area contributed by atoms with Crippen LogP contribution >= 0.6 is 22.9 Å². The van der Waals surface area contributed by atoms with Crippen molar-refractivity contribution in [2.24, 2.45) is 5.14 Å². The van der Waals surface area contributed by atoms with Crippen LogP contribution in [0.5, 0.6) is 0 Å². The molecule has 0 radical (unpaired) electrons. The molecule has 0 fully saturated rings. The summed E-state index contributed by atoms with van der Waals surface area (Å²) in [5, 5.41) is 6.83. The maximum Gasteiger partial charge on any atom is 1.00 e. The van der Waals surface area contributed by atoms with Gasteiger partial charge in [-0.25, -0.2) is 13.6 Å². The zero-order valence-electron chi connectivity index (χ0n) is 13.8. The number of nitrogens with two attached hydrogens (primary N) is 1. The maximum atomic E-state index is 12.1. The van der Waals surface area contributed by atoms with Gasteiger partial charge in [0.05, 0.1) is 5.02 Å². The Kier molecular flexibility index (Phi) is 7.67. The van der Waals surface area contributed by atoms with Crippen molar-refractivity contribution in [3.63, 3.8) is 0 Å². The van der Waals surface area contributed by atoms with Gasteiger partial charge in [-0.2, -0.15) is 0 Å². The summed E-state index contributed by atoms with van der Waals surface area (Å²) in [6.07, 6.45) is 2.89. The van der Waals surface area contributed by atoms with Crippen molar-refractivity contribution < 1.29 is 28.7 Å². The summed E-state index contributed by atoms with van der Waals surface area (Å²) in [4.78, 5) is 0.586. The van der Waals surface area contributed by atoms with E-state index in [1.54, 1.807) is 11.4 Å². The molecule has 0 amide bonds. The van der Waals surface area contributed by atoms with Crippen LogP contribution in [0.2, 0.25) is 5.02 Å². The van der Waals surface area contributed by atoms with Crippen LogP contribution in [-0.4, -0.2) is 8.42 Å². The van der Waals surface area contributed by atoms with Crippen LogP contribution in [0, 0.1) is 0 Å². The minimum absolute atomic E-state index is 0. The predicted octanol–water partition coefficient (Wildman–Crippen LogP) is 1.24. The van der Waals surface area contributed by atoms with Crippen molar-refractivity contribution in [2.75, 3.05) is 0 Å². The van der Waals surface area contributed by atoms with E-state index in [4.69, 9.17) is 16.7 Å². The third-order valence-corrected chi connectivity index (χ3v) is 6.07. The average molecular weight is 352 g/mol. The van der Waals surface area contributed by atoms with Crippen molar-refractivity contribution >= 4 is 33.0 Å². The van der Waals surface area contributed by atoms with E-state index in [0.29, 0.717) is 9.90 Å². The standard InChI is InChI=1S/C15H18ClNO2S2.Li.H/c1-2-3-6-11-7-4-5-8-12(11)15(21(17,18)19)14-13(16)9-10-20-14;;/h4-5,7-10,15H,2-3,6H2,1H3,(H2,17,18,19);;/q;+1;-1/t15-;;/m1../s1. The SMILES string of the molecule is CCCCc1ccccc1[C@H](c1sccc1Cl)S(N)(=O)=O.[H-].[Li+]. The molecule has 2 N–H and O–H groups in total. The number of unbranched alkanes of at least 4 members (excludes halogenated alkanes) is 1. The van der Waals surface area contributed by atoms with Crippen molar-refractivity contribution in [1.29, 1.82) is 0 Å². The second-order valence-electron chi connectivity index (χ2n) is 4.90. The van der Waals surface area contributed by atoms with Gasteiger partial charge in [0, 0.05) is 4.88 Å². The van der Waals surface area contributed by atoms with Gasteiger partial charge in [0.15, 0.2) is 0 Å². The zero-order valence-corrected chi connectivity index (χ0v) is 15.1. The first-order valence-electron chi connectivity index (χ1n) is 6.77. The Bertz CT molecular complexity index is 722.